The predicted octanol–water partition coefficient (Wildman–Crippen LogP) is 2.02. The van der Waals surface area contributed by atoms with E-state index < -0.39 is 54.0 Å². The maximum atomic E-state index is 13.9. The molecule has 2 aromatic rings. The molecule has 34 heavy (non-hydrogen) atoms. The van der Waals surface area contributed by atoms with Crippen molar-refractivity contribution in [3.63, 3.8) is 0 Å². The molecule has 5 atom stereocenters. The number of aliphatic hydroxyl groups is 1. The van der Waals surface area contributed by atoms with Crippen LogP contribution in [0.4, 0.5) is 0 Å². The quantitative estimate of drug-likeness (QED) is 0.657. The van der Waals surface area contributed by atoms with Gasteiger partial charge in [-0.3, -0.25) is 0 Å². The summed E-state index contributed by atoms with van der Waals surface area (Å²) in [5.41, 5.74) is -2.80. The largest absolute Gasteiger partial charge is 0.458 e. The monoisotopic (exact) mass is 470 g/mol. The van der Waals surface area contributed by atoms with E-state index in [9.17, 15) is 14.7 Å². The zero-order valence-corrected chi connectivity index (χ0v) is 18.8. The minimum Gasteiger partial charge on any atom is -0.458 e. The van der Waals surface area contributed by atoms with Crippen LogP contribution in [0.25, 0.3) is 0 Å². The van der Waals surface area contributed by atoms with Crippen LogP contribution < -0.4 is 0 Å². The second-order valence-corrected chi connectivity index (χ2v) is 8.91. The summed E-state index contributed by atoms with van der Waals surface area (Å²) in [6.45, 7) is 2.35. The lowest BCUT2D eigenvalue weighted by Crippen LogP contribution is -2.71. The number of ether oxygens (including phenoxy) is 6. The second-order valence-electron chi connectivity index (χ2n) is 8.91. The molecule has 3 heterocycles. The maximum absolute atomic E-state index is 13.9. The molecule has 0 radical (unpaired) electrons. The smallest absolute Gasteiger partial charge is 0.346 e. The second kappa shape index (κ2) is 8.44. The SMILES string of the molecule is CC1(C)O[C@H](CO)[C@]2(O1)C(=O)O[C@@H]1CO[C@H](c3ccccc3)O[C@@]12C(=O)OCc1ccccc1. The number of carbonyl (C=O) groups excluding carboxylic acids is 2. The minimum absolute atomic E-state index is 0.0628. The fraction of sp³-hybridized carbons (Fsp3) is 0.440. The van der Waals surface area contributed by atoms with Crippen LogP contribution in [0.3, 0.4) is 0 Å². The fourth-order valence-corrected chi connectivity index (χ4v) is 4.88. The summed E-state index contributed by atoms with van der Waals surface area (Å²) in [4.78, 5) is 27.2. The van der Waals surface area contributed by atoms with Gasteiger partial charge in [0.15, 0.2) is 18.2 Å². The summed E-state index contributed by atoms with van der Waals surface area (Å²) in [6.07, 6.45) is -3.42. The first kappa shape index (κ1) is 22.9. The van der Waals surface area contributed by atoms with Crippen molar-refractivity contribution in [3.8, 4) is 0 Å². The Morgan fingerprint density at radius 1 is 1.06 bits per heavy atom. The number of aliphatic hydroxyl groups excluding tert-OH is 1. The van der Waals surface area contributed by atoms with Gasteiger partial charge in [0.2, 0.25) is 11.2 Å². The van der Waals surface area contributed by atoms with Crippen molar-refractivity contribution in [3.05, 3.63) is 71.8 Å². The van der Waals surface area contributed by atoms with Gasteiger partial charge >= 0.3 is 11.9 Å². The minimum atomic E-state index is -2.10. The van der Waals surface area contributed by atoms with Gasteiger partial charge in [-0.2, -0.15) is 0 Å². The number of rotatable bonds is 5. The summed E-state index contributed by atoms with van der Waals surface area (Å²) in [5.74, 6) is -3.05. The van der Waals surface area contributed by atoms with Gasteiger partial charge in [0, 0.05) is 5.56 Å². The average molecular weight is 470 g/mol. The van der Waals surface area contributed by atoms with E-state index in [2.05, 4.69) is 0 Å². The molecule has 3 fully saturated rings. The van der Waals surface area contributed by atoms with E-state index in [0.717, 1.165) is 5.56 Å². The van der Waals surface area contributed by atoms with E-state index in [1.807, 2.05) is 24.3 Å². The van der Waals surface area contributed by atoms with Crippen molar-refractivity contribution in [2.45, 2.75) is 55.9 Å². The van der Waals surface area contributed by atoms with Gasteiger partial charge in [0.25, 0.3) is 0 Å². The molecular weight excluding hydrogens is 444 g/mol. The Labute approximate surface area is 196 Å². The topological polar surface area (TPSA) is 110 Å². The van der Waals surface area contributed by atoms with E-state index in [4.69, 9.17) is 28.4 Å². The highest BCUT2D eigenvalue weighted by Crippen LogP contribution is 2.55. The standard InChI is InChI=1S/C25H26O9/c1-23(2)32-18(13-26)25(34-23)22(28)31-19-15-29-20(17-11-7-4-8-12-17)33-24(19,25)21(27)30-14-16-9-5-3-6-10-16/h3-12,18-20,26H,13-15H2,1-2H3/t18-,19-,20+,24-,25+/m1/s1. The number of benzene rings is 2. The molecule has 0 bridgehead atoms. The van der Waals surface area contributed by atoms with Crippen molar-refractivity contribution in [1.29, 1.82) is 0 Å². The highest BCUT2D eigenvalue weighted by molar-refractivity contribution is 5.98. The Balaban J connectivity index is 1.59. The third-order valence-electron chi connectivity index (χ3n) is 6.29. The lowest BCUT2D eigenvalue weighted by Gasteiger charge is -2.45. The molecule has 5 rings (SSSR count). The van der Waals surface area contributed by atoms with Crippen LogP contribution in [-0.2, 0) is 44.6 Å². The Kier molecular flexibility index (Phi) is 5.70. The zero-order valence-electron chi connectivity index (χ0n) is 18.8. The molecule has 180 valence electrons. The van der Waals surface area contributed by atoms with E-state index in [1.165, 1.54) is 0 Å². The molecule has 0 amide bonds. The Morgan fingerprint density at radius 2 is 1.74 bits per heavy atom. The molecule has 9 nitrogen and oxygen atoms in total. The van der Waals surface area contributed by atoms with Crippen molar-refractivity contribution in [2.75, 3.05) is 13.2 Å². The van der Waals surface area contributed by atoms with E-state index in [-0.39, 0.29) is 13.2 Å². The van der Waals surface area contributed by atoms with Crippen LogP contribution in [0.15, 0.2) is 60.7 Å². The molecule has 2 aromatic carbocycles. The molecule has 0 saturated carbocycles. The Morgan fingerprint density at radius 3 is 2.41 bits per heavy atom. The highest BCUT2D eigenvalue weighted by atomic mass is 16.8. The fourth-order valence-electron chi connectivity index (χ4n) is 4.88. The van der Waals surface area contributed by atoms with E-state index in [0.29, 0.717) is 5.56 Å². The van der Waals surface area contributed by atoms with Gasteiger partial charge in [0.05, 0.1) is 13.2 Å². The van der Waals surface area contributed by atoms with Gasteiger partial charge in [-0.05, 0) is 19.4 Å². The Bertz CT molecular complexity index is 1060. The zero-order chi connectivity index (χ0) is 24.0. The number of hydrogen-bond donors (Lipinski definition) is 1. The first-order valence-corrected chi connectivity index (χ1v) is 11.1. The Hall–Kier alpha value is -2.82. The van der Waals surface area contributed by atoms with Gasteiger partial charge in [-0.25, -0.2) is 9.59 Å². The predicted molar refractivity (Wildman–Crippen MR) is 115 cm³/mol. The summed E-state index contributed by atoms with van der Waals surface area (Å²) in [6, 6.07) is 18.1. The number of carbonyl (C=O) groups is 2. The summed E-state index contributed by atoms with van der Waals surface area (Å²) in [5, 5.41) is 10.2. The molecule has 3 saturated heterocycles. The number of esters is 2. The van der Waals surface area contributed by atoms with Gasteiger partial charge < -0.3 is 33.5 Å². The molecular formula is C25H26O9. The maximum Gasteiger partial charge on any atom is 0.346 e. The first-order valence-electron chi connectivity index (χ1n) is 11.1. The van der Waals surface area contributed by atoms with Gasteiger partial charge in [-0.15, -0.1) is 0 Å². The van der Waals surface area contributed by atoms with Crippen LogP contribution in [0.1, 0.15) is 31.3 Å². The lowest BCUT2D eigenvalue weighted by atomic mass is 9.76. The van der Waals surface area contributed by atoms with Crippen molar-refractivity contribution in [1.82, 2.24) is 0 Å². The van der Waals surface area contributed by atoms with Crippen molar-refractivity contribution in [2.24, 2.45) is 0 Å². The first-order chi connectivity index (χ1) is 16.3. The molecule has 0 unspecified atom stereocenters. The van der Waals surface area contributed by atoms with Crippen LogP contribution >= 0.6 is 0 Å². The third-order valence-corrected chi connectivity index (χ3v) is 6.29. The van der Waals surface area contributed by atoms with Crippen LogP contribution in [-0.4, -0.2) is 59.5 Å². The molecule has 1 spiro atoms. The van der Waals surface area contributed by atoms with Crippen molar-refractivity contribution < 1.29 is 43.1 Å². The number of fused-ring (bicyclic) bond motifs is 2. The summed E-state index contributed by atoms with van der Waals surface area (Å²) in [7, 11) is 0. The van der Waals surface area contributed by atoms with Crippen LogP contribution in [0.5, 0.6) is 0 Å². The molecule has 0 aromatic heterocycles. The average Bonchev–Trinajstić information content (AvgIpc) is 3.28. The normalized spacial score (nSPS) is 34.0. The van der Waals surface area contributed by atoms with Crippen LogP contribution in [0, 0.1) is 0 Å². The van der Waals surface area contributed by atoms with Crippen LogP contribution in [0.2, 0.25) is 0 Å². The highest BCUT2D eigenvalue weighted by Gasteiger charge is 2.83. The van der Waals surface area contributed by atoms with Crippen molar-refractivity contribution >= 4 is 11.9 Å². The van der Waals surface area contributed by atoms with E-state index in [1.54, 1.807) is 50.2 Å². The molecule has 1 N–H and O–H groups in total. The lowest BCUT2D eigenvalue weighted by molar-refractivity contribution is -0.316. The summed E-state index contributed by atoms with van der Waals surface area (Å²) < 4.78 is 35.3. The summed E-state index contributed by atoms with van der Waals surface area (Å²) >= 11 is 0. The van der Waals surface area contributed by atoms with Gasteiger partial charge in [-0.1, -0.05) is 60.7 Å². The molecule has 3 aliphatic rings. The molecule has 0 aliphatic carbocycles. The third kappa shape index (κ3) is 3.43. The molecule has 9 heteroatoms. The molecule has 3 aliphatic heterocycles. The number of hydrogen-bond acceptors (Lipinski definition) is 9. The van der Waals surface area contributed by atoms with Gasteiger partial charge in [0.1, 0.15) is 12.7 Å². The van der Waals surface area contributed by atoms with E-state index >= 15 is 0 Å².